The van der Waals surface area contributed by atoms with Gasteiger partial charge in [0.2, 0.25) is 11.8 Å². The number of rotatable bonds is 9. The number of hydrogen-bond acceptors (Lipinski definition) is 4. The Bertz CT molecular complexity index is 747. The highest BCUT2D eigenvalue weighted by Gasteiger charge is 2.29. The van der Waals surface area contributed by atoms with Crippen LogP contribution in [0.1, 0.15) is 46.1 Å². The van der Waals surface area contributed by atoms with Gasteiger partial charge in [0.25, 0.3) is 0 Å². The number of para-hydroxylation sites is 1. The van der Waals surface area contributed by atoms with Crippen LogP contribution in [-0.4, -0.2) is 79.4 Å². The Kier molecular flexibility index (Phi) is 9.56. The number of carbonyl (C=O) groups is 2. The molecule has 0 aliphatic carbocycles. The Balaban J connectivity index is 1.89. The molecule has 1 aromatic rings. The van der Waals surface area contributed by atoms with Gasteiger partial charge >= 0.3 is 0 Å². The predicted molar refractivity (Wildman–Crippen MR) is 126 cm³/mol. The number of amides is 2. The van der Waals surface area contributed by atoms with Gasteiger partial charge in [-0.25, -0.2) is 0 Å². The van der Waals surface area contributed by atoms with Gasteiger partial charge in [0.1, 0.15) is 5.75 Å². The Hall–Kier alpha value is -2.34. The third kappa shape index (κ3) is 7.69. The van der Waals surface area contributed by atoms with Crippen LogP contribution in [0.25, 0.3) is 6.08 Å². The number of carbonyl (C=O) groups excluding carboxylic acids is 2. The van der Waals surface area contributed by atoms with Crippen LogP contribution < -0.4 is 4.74 Å². The third-order valence-corrected chi connectivity index (χ3v) is 5.57. The lowest BCUT2D eigenvalue weighted by atomic mass is 9.94. The minimum atomic E-state index is -0.334. The molecule has 0 spiro atoms. The summed E-state index contributed by atoms with van der Waals surface area (Å²) in [5.41, 5.74) is 0.673. The molecule has 0 N–H and O–H groups in total. The fourth-order valence-corrected chi connectivity index (χ4v) is 3.71. The number of methoxy groups -OCH3 is 1. The van der Waals surface area contributed by atoms with Crippen LogP contribution in [0.4, 0.5) is 0 Å². The lowest BCUT2D eigenvalue weighted by Gasteiger charge is -2.38. The van der Waals surface area contributed by atoms with Crippen LogP contribution in [0.15, 0.2) is 30.3 Å². The monoisotopic (exact) mass is 429 g/mol. The minimum Gasteiger partial charge on any atom is -0.496 e. The van der Waals surface area contributed by atoms with E-state index in [2.05, 4.69) is 4.90 Å². The quantitative estimate of drug-likeness (QED) is 0.603. The van der Waals surface area contributed by atoms with Gasteiger partial charge in [-0.3, -0.25) is 14.5 Å². The van der Waals surface area contributed by atoms with Gasteiger partial charge in [0, 0.05) is 63.2 Å². The van der Waals surface area contributed by atoms with Crippen molar-refractivity contribution >= 4 is 17.9 Å². The van der Waals surface area contributed by atoms with Crippen molar-refractivity contribution in [1.82, 2.24) is 14.7 Å². The van der Waals surface area contributed by atoms with Crippen molar-refractivity contribution in [3.63, 3.8) is 0 Å². The van der Waals surface area contributed by atoms with Crippen molar-refractivity contribution in [2.45, 2.75) is 40.5 Å². The van der Waals surface area contributed by atoms with Gasteiger partial charge in [-0.2, -0.15) is 0 Å². The van der Waals surface area contributed by atoms with Gasteiger partial charge in [-0.1, -0.05) is 58.0 Å². The van der Waals surface area contributed by atoms with Crippen molar-refractivity contribution in [1.29, 1.82) is 0 Å². The first kappa shape index (κ1) is 24.9. The van der Waals surface area contributed by atoms with Crippen molar-refractivity contribution in [2.75, 3.05) is 52.9 Å². The van der Waals surface area contributed by atoms with E-state index in [1.807, 2.05) is 73.9 Å². The zero-order chi connectivity index (χ0) is 22.9. The zero-order valence-electron chi connectivity index (χ0n) is 19.9. The molecule has 0 radical (unpaired) electrons. The molecule has 172 valence electrons. The zero-order valence-corrected chi connectivity index (χ0v) is 19.9. The van der Waals surface area contributed by atoms with Gasteiger partial charge in [-0.05, 0) is 12.5 Å². The molecule has 1 aromatic carbocycles. The second-order valence-corrected chi connectivity index (χ2v) is 9.12. The summed E-state index contributed by atoms with van der Waals surface area (Å²) in [4.78, 5) is 31.3. The highest BCUT2D eigenvalue weighted by Crippen LogP contribution is 2.19. The molecule has 0 unspecified atom stereocenters. The van der Waals surface area contributed by atoms with Crippen LogP contribution in [0.5, 0.6) is 5.75 Å². The molecule has 1 heterocycles. The molecule has 1 fully saturated rings. The third-order valence-electron chi connectivity index (χ3n) is 5.57. The normalized spacial score (nSPS) is 15.3. The summed E-state index contributed by atoms with van der Waals surface area (Å²) < 4.78 is 5.40. The van der Waals surface area contributed by atoms with Gasteiger partial charge in [-0.15, -0.1) is 0 Å². The standard InChI is InChI=1S/C25H39N3O3/c1-6-10-23(29)27(14-9-12-21-11-7-8-13-22(21)31-5)18-15-26-16-19-28(20-17-26)24(30)25(2,3)4/h7-9,11-13H,6,10,14-20H2,1-5H3/b12-9+. The first-order chi connectivity index (χ1) is 14.8. The summed E-state index contributed by atoms with van der Waals surface area (Å²) >= 11 is 0. The van der Waals surface area contributed by atoms with E-state index in [0.29, 0.717) is 19.5 Å². The van der Waals surface area contributed by atoms with E-state index in [-0.39, 0.29) is 17.2 Å². The number of piperazine rings is 1. The smallest absolute Gasteiger partial charge is 0.228 e. The van der Waals surface area contributed by atoms with E-state index in [1.54, 1.807) is 7.11 Å². The summed E-state index contributed by atoms with van der Waals surface area (Å²) in [5.74, 6) is 1.23. The summed E-state index contributed by atoms with van der Waals surface area (Å²) in [5, 5.41) is 0. The molecule has 1 aliphatic heterocycles. The highest BCUT2D eigenvalue weighted by molar-refractivity contribution is 5.81. The number of hydrogen-bond donors (Lipinski definition) is 0. The Morgan fingerprint density at radius 3 is 2.42 bits per heavy atom. The van der Waals surface area contributed by atoms with E-state index < -0.39 is 0 Å². The van der Waals surface area contributed by atoms with Crippen molar-refractivity contribution < 1.29 is 14.3 Å². The molecule has 1 saturated heterocycles. The van der Waals surface area contributed by atoms with Crippen LogP contribution in [-0.2, 0) is 9.59 Å². The van der Waals surface area contributed by atoms with E-state index in [1.165, 1.54) is 0 Å². The molecule has 2 rings (SSSR count). The summed E-state index contributed by atoms with van der Waals surface area (Å²) in [6.07, 6.45) is 5.46. The largest absolute Gasteiger partial charge is 0.496 e. The van der Waals surface area contributed by atoms with Crippen LogP contribution >= 0.6 is 0 Å². The molecule has 31 heavy (non-hydrogen) atoms. The van der Waals surface area contributed by atoms with E-state index >= 15 is 0 Å². The SMILES string of the molecule is CCCC(=O)N(C/C=C/c1ccccc1OC)CCN1CCN(C(=O)C(C)(C)C)CC1. The molecule has 6 heteroatoms. The number of nitrogens with zero attached hydrogens (tertiary/aromatic N) is 3. The second-order valence-electron chi connectivity index (χ2n) is 9.12. The predicted octanol–water partition coefficient (Wildman–Crippen LogP) is 3.53. The first-order valence-corrected chi connectivity index (χ1v) is 11.3. The van der Waals surface area contributed by atoms with Gasteiger partial charge < -0.3 is 14.5 Å². The van der Waals surface area contributed by atoms with Crippen LogP contribution in [0, 0.1) is 5.41 Å². The lowest BCUT2D eigenvalue weighted by Crippen LogP contribution is -2.52. The van der Waals surface area contributed by atoms with Crippen molar-refractivity contribution in [3.05, 3.63) is 35.9 Å². The molecule has 2 amide bonds. The molecule has 0 atom stereocenters. The lowest BCUT2D eigenvalue weighted by molar-refractivity contribution is -0.141. The second kappa shape index (κ2) is 11.9. The Morgan fingerprint density at radius 2 is 1.81 bits per heavy atom. The fraction of sp³-hybridized carbons (Fsp3) is 0.600. The number of ether oxygens (including phenoxy) is 1. The maximum absolute atomic E-state index is 12.6. The van der Waals surface area contributed by atoms with Gasteiger partial charge in [0.15, 0.2) is 0 Å². The molecular formula is C25H39N3O3. The summed E-state index contributed by atoms with van der Waals surface area (Å²) in [7, 11) is 1.67. The molecule has 0 aromatic heterocycles. The highest BCUT2D eigenvalue weighted by atomic mass is 16.5. The summed E-state index contributed by atoms with van der Waals surface area (Å²) in [6, 6.07) is 7.87. The van der Waals surface area contributed by atoms with Crippen molar-refractivity contribution in [2.24, 2.45) is 5.41 Å². The first-order valence-electron chi connectivity index (χ1n) is 11.3. The average Bonchev–Trinajstić information content (AvgIpc) is 2.75. The maximum Gasteiger partial charge on any atom is 0.228 e. The van der Waals surface area contributed by atoms with Gasteiger partial charge in [0.05, 0.1) is 7.11 Å². The van der Waals surface area contributed by atoms with Crippen molar-refractivity contribution in [3.8, 4) is 5.75 Å². The fourth-order valence-electron chi connectivity index (χ4n) is 3.71. The maximum atomic E-state index is 12.6. The van der Waals surface area contributed by atoms with Crippen LogP contribution in [0.2, 0.25) is 0 Å². The molecule has 6 nitrogen and oxygen atoms in total. The molecule has 0 saturated carbocycles. The van der Waals surface area contributed by atoms with E-state index in [9.17, 15) is 9.59 Å². The Morgan fingerprint density at radius 1 is 1.13 bits per heavy atom. The summed E-state index contributed by atoms with van der Waals surface area (Å²) in [6.45, 7) is 13.3. The minimum absolute atomic E-state index is 0.189. The molecular weight excluding hydrogens is 390 g/mol. The Labute approximate surface area is 187 Å². The van der Waals surface area contributed by atoms with E-state index in [4.69, 9.17) is 4.74 Å². The van der Waals surface area contributed by atoms with Crippen LogP contribution in [0.3, 0.4) is 0 Å². The molecule has 0 bridgehead atoms. The topological polar surface area (TPSA) is 53.1 Å². The molecule has 1 aliphatic rings. The number of benzene rings is 1. The van der Waals surface area contributed by atoms with E-state index in [0.717, 1.165) is 50.5 Å². The average molecular weight is 430 g/mol.